The summed E-state index contributed by atoms with van der Waals surface area (Å²) in [5.41, 5.74) is -0.996. The zero-order chi connectivity index (χ0) is 40.5. The van der Waals surface area contributed by atoms with E-state index in [1.807, 2.05) is 50.2 Å². The highest BCUT2D eigenvalue weighted by atomic mass is 16.6. The molecule has 0 bridgehead atoms. The van der Waals surface area contributed by atoms with Gasteiger partial charge in [-0.2, -0.15) is 0 Å². The molecule has 2 aromatic rings. The average molecular weight is 765 g/mol. The summed E-state index contributed by atoms with van der Waals surface area (Å²) in [4.78, 5) is 55.3. The highest BCUT2D eigenvalue weighted by Crippen LogP contribution is 2.76. The van der Waals surface area contributed by atoms with Crippen molar-refractivity contribution in [2.45, 2.75) is 125 Å². The number of aliphatic hydroxyl groups excluding tert-OH is 1. The number of carbonyl (C=O) groups is 4. The number of hydrogen-bond acceptors (Lipinski definition) is 8. The number of aldehydes is 1. The molecule has 0 amide bonds. The first-order valence-corrected chi connectivity index (χ1v) is 20.6. The van der Waals surface area contributed by atoms with E-state index in [-0.39, 0.29) is 22.3 Å². The number of rotatable bonds is 7. The Morgan fingerprint density at radius 1 is 0.786 bits per heavy atom. The number of benzene rings is 2. The van der Waals surface area contributed by atoms with E-state index in [0.29, 0.717) is 30.2 Å². The van der Waals surface area contributed by atoms with E-state index in [1.165, 1.54) is 13.0 Å². The van der Waals surface area contributed by atoms with Crippen molar-refractivity contribution in [1.82, 2.24) is 0 Å². The normalized spacial score (nSPS) is 39.4. The maximum absolute atomic E-state index is 14.3. The van der Waals surface area contributed by atoms with Gasteiger partial charge >= 0.3 is 17.9 Å². The van der Waals surface area contributed by atoms with Gasteiger partial charge in [0.2, 0.25) is 0 Å². The minimum Gasteiger partial charge on any atom is -0.461 e. The molecule has 0 saturated heterocycles. The Kier molecular flexibility index (Phi) is 10.1. The van der Waals surface area contributed by atoms with Gasteiger partial charge in [0.1, 0.15) is 23.9 Å². The van der Waals surface area contributed by atoms with Crippen LogP contribution < -0.4 is 0 Å². The van der Waals surface area contributed by atoms with Crippen LogP contribution in [0, 0.1) is 50.2 Å². The minimum atomic E-state index is -1.55. The van der Waals surface area contributed by atoms with Crippen molar-refractivity contribution in [2.24, 2.45) is 50.2 Å². The topological polar surface area (TPSA) is 116 Å². The van der Waals surface area contributed by atoms with Crippen LogP contribution in [0.3, 0.4) is 0 Å². The molecule has 4 saturated carbocycles. The Morgan fingerprint density at radius 3 is 2.09 bits per heavy atom. The van der Waals surface area contributed by atoms with Crippen LogP contribution >= 0.6 is 0 Å². The van der Waals surface area contributed by atoms with Gasteiger partial charge in [-0.3, -0.25) is 4.79 Å². The number of hydrogen-bond donors (Lipinski definition) is 1. The third-order valence-corrected chi connectivity index (χ3v) is 16.1. The van der Waals surface area contributed by atoms with Crippen molar-refractivity contribution in [3.05, 3.63) is 89.5 Å². The lowest BCUT2D eigenvalue weighted by Gasteiger charge is -2.72. The highest BCUT2D eigenvalue weighted by Gasteiger charge is 2.74. The van der Waals surface area contributed by atoms with Crippen LogP contribution in [0.2, 0.25) is 0 Å². The number of esters is 3. The number of ether oxygens (including phenoxy) is 3. The van der Waals surface area contributed by atoms with Crippen LogP contribution in [-0.4, -0.2) is 53.7 Å². The van der Waals surface area contributed by atoms with Crippen molar-refractivity contribution >= 4 is 30.3 Å². The fourth-order valence-corrected chi connectivity index (χ4v) is 13.0. The summed E-state index contributed by atoms with van der Waals surface area (Å²) < 4.78 is 19.2. The molecule has 0 heterocycles. The summed E-state index contributed by atoms with van der Waals surface area (Å²) >= 11 is 0. The van der Waals surface area contributed by atoms with Gasteiger partial charge in [0, 0.05) is 24.3 Å². The maximum Gasteiger partial charge on any atom is 0.338 e. The van der Waals surface area contributed by atoms with Crippen molar-refractivity contribution < 1.29 is 38.5 Å². The second-order valence-electron chi connectivity index (χ2n) is 19.6. The van der Waals surface area contributed by atoms with E-state index in [0.717, 1.165) is 49.5 Å². The molecule has 1 N–H and O–H groups in total. The standard InChI is InChI=1S/C48H60O8/c1-30(50)54-38-28-47(8)33(20-21-36-45(6)25-24-37(51)44(4,5)35(45)23-26-46(36,47)7)34-27-43(2,3)40(56-42(53)32-17-13-10-14-18-32)41(48(34,38)29-49)55-39(52)22-19-31-15-11-9-12-16-31/h9-20,22,29,34-38,40-41,51H,21,23-28H2,1-8H3/b22-19+/t34-,35-,36+,37-,38+,40-,41-,45-,46+,47+,48-/m0/s1. The van der Waals surface area contributed by atoms with Gasteiger partial charge in [-0.15, -0.1) is 0 Å². The first-order valence-electron chi connectivity index (χ1n) is 20.6. The lowest BCUT2D eigenvalue weighted by atomic mass is 9.33. The van der Waals surface area contributed by atoms with Crippen molar-refractivity contribution in [3.63, 3.8) is 0 Å². The van der Waals surface area contributed by atoms with E-state index in [9.17, 15) is 24.3 Å². The lowest BCUT2D eigenvalue weighted by molar-refractivity contribution is -0.247. The van der Waals surface area contributed by atoms with Crippen molar-refractivity contribution in [1.29, 1.82) is 0 Å². The summed E-state index contributed by atoms with van der Waals surface area (Å²) in [5, 5.41) is 11.2. The molecule has 8 nitrogen and oxygen atoms in total. The van der Waals surface area contributed by atoms with Gasteiger partial charge in [-0.25, -0.2) is 9.59 Å². The van der Waals surface area contributed by atoms with Crippen molar-refractivity contribution in [2.75, 3.05) is 0 Å². The largest absolute Gasteiger partial charge is 0.461 e. The molecule has 2 aromatic carbocycles. The third kappa shape index (κ3) is 6.11. The monoisotopic (exact) mass is 764 g/mol. The van der Waals surface area contributed by atoms with Crippen molar-refractivity contribution in [3.8, 4) is 0 Å². The fraction of sp³-hybridized carbons (Fsp3) is 0.583. The minimum absolute atomic E-state index is 0.0252. The molecule has 5 aliphatic rings. The Labute approximate surface area is 332 Å². The quantitative estimate of drug-likeness (QED) is 0.0977. The molecule has 8 heteroatoms. The summed E-state index contributed by atoms with van der Waals surface area (Å²) in [6, 6.07) is 18.0. The first kappa shape index (κ1) is 40.2. The summed E-state index contributed by atoms with van der Waals surface area (Å²) in [5.74, 6) is -1.65. The predicted molar refractivity (Wildman–Crippen MR) is 214 cm³/mol. The molecule has 4 fully saturated rings. The van der Waals surface area contributed by atoms with Crippen LogP contribution in [0.5, 0.6) is 0 Å². The Balaban J connectivity index is 1.37. The summed E-state index contributed by atoms with van der Waals surface area (Å²) in [7, 11) is 0. The van der Waals surface area contributed by atoms with Crippen LogP contribution in [0.1, 0.15) is 116 Å². The van der Waals surface area contributed by atoms with E-state index < -0.39 is 58.4 Å². The number of fused-ring (bicyclic) bond motifs is 7. The van der Waals surface area contributed by atoms with E-state index in [1.54, 1.807) is 30.3 Å². The summed E-state index contributed by atoms with van der Waals surface area (Å²) in [6.07, 6.45) is 7.76. The van der Waals surface area contributed by atoms with Crippen LogP contribution in [0.4, 0.5) is 0 Å². The lowest BCUT2D eigenvalue weighted by Crippen LogP contribution is -2.72. The zero-order valence-electron chi connectivity index (χ0n) is 34.4. The molecule has 5 aliphatic carbocycles. The second kappa shape index (κ2) is 14.1. The summed E-state index contributed by atoms with van der Waals surface area (Å²) in [6.45, 7) is 17.0. The maximum atomic E-state index is 14.3. The predicted octanol–water partition coefficient (Wildman–Crippen LogP) is 8.96. The van der Waals surface area contributed by atoms with Gasteiger partial charge in [0.05, 0.1) is 11.7 Å². The zero-order valence-corrected chi connectivity index (χ0v) is 34.4. The first-order chi connectivity index (χ1) is 26.3. The van der Waals surface area contributed by atoms with Crippen LogP contribution in [-0.2, 0) is 28.6 Å². The molecule has 56 heavy (non-hydrogen) atoms. The molecule has 11 atom stereocenters. The van der Waals surface area contributed by atoms with Crippen LogP contribution in [0.25, 0.3) is 6.08 Å². The highest BCUT2D eigenvalue weighted by molar-refractivity contribution is 5.90. The second-order valence-corrected chi connectivity index (χ2v) is 19.6. The molecular weight excluding hydrogens is 705 g/mol. The Morgan fingerprint density at radius 2 is 1.45 bits per heavy atom. The van der Waals surface area contributed by atoms with E-state index in [2.05, 4.69) is 40.7 Å². The van der Waals surface area contributed by atoms with E-state index in [4.69, 9.17) is 14.2 Å². The van der Waals surface area contributed by atoms with Gasteiger partial charge < -0.3 is 24.1 Å². The molecule has 0 spiro atoms. The van der Waals surface area contributed by atoms with Gasteiger partial charge in [0.25, 0.3) is 0 Å². The smallest absolute Gasteiger partial charge is 0.338 e. The van der Waals surface area contributed by atoms with E-state index >= 15 is 0 Å². The third-order valence-electron chi connectivity index (χ3n) is 16.1. The van der Waals surface area contributed by atoms with Gasteiger partial charge in [0.15, 0.2) is 6.10 Å². The Hall–Kier alpha value is -4.04. The molecule has 300 valence electrons. The molecule has 0 aromatic heterocycles. The fourth-order valence-electron chi connectivity index (χ4n) is 13.0. The number of carbonyl (C=O) groups excluding carboxylic acids is 4. The van der Waals surface area contributed by atoms with Crippen LogP contribution in [0.15, 0.2) is 78.4 Å². The molecule has 0 unspecified atom stereocenters. The van der Waals surface area contributed by atoms with Gasteiger partial charge in [-0.05, 0) is 102 Å². The molecule has 0 radical (unpaired) electrons. The average Bonchev–Trinajstić information content (AvgIpc) is 3.14. The molecule has 0 aliphatic heterocycles. The Bertz CT molecular complexity index is 1910. The number of aliphatic hydroxyl groups is 1. The molecule has 7 rings (SSSR count). The molecular formula is C48H60O8. The number of allylic oxidation sites excluding steroid dienone is 2. The van der Waals surface area contributed by atoms with Gasteiger partial charge in [-0.1, -0.05) is 109 Å². The SMILES string of the molecule is CC(=O)O[C@@H]1C[C@]2(C)C(=CC[C@@H]3[C@@]4(C)CC[C@H](O)C(C)(C)[C@@H]4CC[C@]32C)[C@@H]2CC(C)(C)[C@@H](OC(=O)c3ccccc3)[C@H](OC(=O)/C=C/c3ccccc3)[C@]12C=O.